The summed E-state index contributed by atoms with van der Waals surface area (Å²) in [6, 6.07) is 0. The minimum absolute atomic E-state index is 0.722. The summed E-state index contributed by atoms with van der Waals surface area (Å²) in [5, 5.41) is 0. The molecule has 0 bridgehead atoms. The Labute approximate surface area is 79.8 Å². The maximum absolute atomic E-state index is 3.45. The number of nitrogens with one attached hydrogen (secondary N) is 1. The lowest BCUT2D eigenvalue weighted by molar-refractivity contribution is 0.0254. The molecular weight excluding hydrogens is 166 g/mol. The molecular formula is C10H19NS. The largest absolute Gasteiger partial charge is 0.264 e. The van der Waals surface area contributed by atoms with Crippen LogP contribution in [0.15, 0.2) is 0 Å². The first-order valence-corrected chi connectivity index (χ1v) is 6.05. The topological polar surface area (TPSA) is 12.0 Å². The van der Waals surface area contributed by atoms with Gasteiger partial charge in [-0.05, 0) is 36.5 Å². The highest BCUT2D eigenvalue weighted by Crippen LogP contribution is 2.52. The van der Waals surface area contributed by atoms with E-state index in [1.807, 2.05) is 11.9 Å². The van der Waals surface area contributed by atoms with Gasteiger partial charge >= 0.3 is 0 Å². The zero-order chi connectivity index (χ0) is 8.60. The van der Waals surface area contributed by atoms with Crippen molar-refractivity contribution in [3.8, 4) is 0 Å². The fraction of sp³-hybridized carbons (Fsp3) is 1.00. The Morgan fingerprint density at radius 1 is 1.42 bits per heavy atom. The van der Waals surface area contributed by atoms with E-state index in [2.05, 4.69) is 18.6 Å². The van der Waals surface area contributed by atoms with E-state index < -0.39 is 0 Å². The van der Waals surface area contributed by atoms with E-state index in [0.29, 0.717) is 0 Å². The zero-order valence-electron chi connectivity index (χ0n) is 8.10. The quantitative estimate of drug-likeness (QED) is 0.630. The monoisotopic (exact) mass is 185 g/mol. The lowest BCUT2D eigenvalue weighted by atomic mass is 9.57. The van der Waals surface area contributed by atoms with Gasteiger partial charge in [0.25, 0.3) is 0 Å². The van der Waals surface area contributed by atoms with Crippen molar-refractivity contribution in [2.45, 2.75) is 33.1 Å². The summed E-state index contributed by atoms with van der Waals surface area (Å²) in [4.78, 5) is 0. The van der Waals surface area contributed by atoms with Gasteiger partial charge in [-0.2, -0.15) is 0 Å². The zero-order valence-corrected chi connectivity index (χ0v) is 8.91. The molecule has 0 amide bonds. The fourth-order valence-electron chi connectivity index (χ4n) is 2.50. The van der Waals surface area contributed by atoms with Crippen LogP contribution >= 0.6 is 11.9 Å². The molecule has 1 spiro atoms. The number of rotatable bonds is 1. The van der Waals surface area contributed by atoms with E-state index in [1.54, 1.807) is 0 Å². The van der Waals surface area contributed by atoms with Crippen molar-refractivity contribution in [3.63, 3.8) is 0 Å². The van der Waals surface area contributed by atoms with Gasteiger partial charge < -0.3 is 0 Å². The Hall–Kier alpha value is 0.310. The highest BCUT2D eigenvalue weighted by Gasteiger charge is 2.45. The van der Waals surface area contributed by atoms with Crippen LogP contribution in [0.1, 0.15) is 33.1 Å². The van der Waals surface area contributed by atoms with Gasteiger partial charge in [0.05, 0.1) is 0 Å². The first kappa shape index (κ1) is 8.89. The fourth-order valence-corrected chi connectivity index (χ4v) is 3.59. The second kappa shape index (κ2) is 3.22. The summed E-state index contributed by atoms with van der Waals surface area (Å²) in [5.74, 6) is 3.25. The SMILES string of the molecule is CC(C)C1CC2(CCSNC2)C1. The lowest BCUT2D eigenvalue weighted by Crippen LogP contribution is -2.48. The summed E-state index contributed by atoms with van der Waals surface area (Å²) in [7, 11) is 0. The number of hydrogen-bond donors (Lipinski definition) is 1. The van der Waals surface area contributed by atoms with Gasteiger partial charge in [0.2, 0.25) is 0 Å². The van der Waals surface area contributed by atoms with E-state index >= 15 is 0 Å². The maximum atomic E-state index is 3.45. The van der Waals surface area contributed by atoms with Gasteiger partial charge in [0.15, 0.2) is 0 Å². The number of hydrogen-bond acceptors (Lipinski definition) is 2. The van der Waals surface area contributed by atoms with Crippen molar-refractivity contribution < 1.29 is 0 Å². The first-order chi connectivity index (χ1) is 5.72. The van der Waals surface area contributed by atoms with E-state index in [-0.39, 0.29) is 0 Å². The summed E-state index contributed by atoms with van der Waals surface area (Å²) in [6.45, 7) is 5.99. The average Bonchev–Trinajstić information content (AvgIpc) is 2.01. The van der Waals surface area contributed by atoms with Crippen LogP contribution in [0.3, 0.4) is 0 Å². The van der Waals surface area contributed by atoms with Crippen molar-refractivity contribution in [3.05, 3.63) is 0 Å². The minimum atomic E-state index is 0.722. The summed E-state index contributed by atoms with van der Waals surface area (Å²) >= 11 is 1.91. The molecule has 70 valence electrons. The second-order valence-electron chi connectivity index (χ2n) is 4.83. The molecule has 2 fully saturated rings. The van der Waals surface area contributed by atoms with Gasteiger partial charge in [-0.25, -0.2) is 0 Å². The molecule has 2 rings (SSSR count). The predicted molar refractivity (Wildman–Crippen MR) is 55.1 cm³/mol. The van der Waals surface area contributed by atoms with Crippen LogP contribution in [0.5, 0.6) is 0 Å². The van der Waals surface area contributed by atoms with E-state index in [9.17, 15) is 0 Å². The van der Waals surface area contributed by atoms with Gasteiger partial charge in [0, 0.05) is 12.3 Å². The molecule has 0 aromatic carbocycles. The van der Waals surface area contributed by atoms with Crippen molar-refractivity contribution >= 4 is 11.9 Å². The normalized spacial score (nSPS) is 41.8. The highest BCUT2D eigenvalue weighted by molar-refractivity contribution is 7.97. The maximum Gasteiger partial charge on any atom is 0.0116 e. The van der Waals surface area contributed by atoms with Gasteiger partial charge in [0.1, 0.15) is 0 Å². The Morgan fingerprint density at radius 2 is 2.17 bits per heavy atom. The van der Waals surface area contributed by atoms with Gasteiger partial charge in [-0.1, -0.05) is 25.8 Å². The molecule has 0 unspecified atom stereocenters. The molecule has 1 aliphatic heterocycles. The molecule has 1 saturated heterocycles. The predicted octanol–water partition coefficient (Wildman–Crippen LogP) is 2.68. The minimum Gasteiger partial charge on any atom is -0.264 e. The van der Waals surface area contributed by atoms with Crippen LogP contribution < -0.4 is 4.72 Å². The molecule has 1 heterocycles. The molecule has 0 aromatic heterocycles. The third-order valence-corrected chi connectivity index (χ3v) is 4.37. The molecule has 1 saturated carbocycles. The Bertz CT molecular complexity index is 153. The average molecular weight is 185 g/mol. The Morgan fingerprint density at radius 3 is 2.67 bits per heavy atom. The van der Waals surface area contributed by atoms with Crippen LogP contribution in [0.4, 0.5) is 0 Å². The van der Waals surface area contributed by atoms with Crippen LogP contribution in [-0.2, 0) is 0 Å². The first-order valence-electron chi connectivity index (χ1n) is 5.07. The Balaban J connectivity index is 1.84. The van der Waals surface area contributed by atoms with Crippen molar-refractivity contribution in [2.75, 3.05) is 12.3 Å². The summed E-state index contributed by atoms with van der Waals surface area (Å²) in [6.07, 6.45) is 4.42. The molecule has 1 N–H and O–H groups in total. The van der Waals surface area contributed by atoms with E-state index in [4.69, 9.17) is 0 Å². The van der Waals surface area contributed by atoms with Crippen LogP contribution in [0.25, 0.3) is 0 Å². The Kier molecular flexibility index (Phi) is 2.39. The molecule has 12 heavy (non-hydrogen) atoms. The summed E-state index contributed by atoms with van der Waals surface area (Å²) in [5.41, 5.74) is 0.722. The molecule has 1 aliphatic carbocycles. The summed E-state index contributed by atoms with van der Waals surface area (Å²) < 4.78 is 3.45. The van der Waals surface area contributed by atoms with Crippen molar-refractivity contribution in [2.24, 2.45) is 17.3 Å². The van der Waals surface area contributed by atoms with Crippen LogP contribution in [0.2, 0.25) is 0 Å². The molecule has 0 aromatic rings. The van der Waals surface area contributed by atoms with Crippen molar-refractivity contribution in [1.82, 2.24) is 4.72 Å². The second-order valence-corrected chi connectivity index (χ2v) is 5.82. The van der Waals surface area contributed by atoms with Gasteiger partial charge in [-0.15, -0.1) is 0 Å². The molecule has 0 radical (unpaired) electrons. The van der Waals surface area contributed by atoms with Gasteiger partial charge in [-0.3, -0.25) is 4.72 Å². The smallest absolute Gasteiger partial charge is 0.0116 e. The third-order valence-electron chi connectivity index (χ3n) is 3.62. The van der Waals surface area contributed by atoms with Crippen LogP contribution in [0, 0.1) is 17.3 Å². The molecule has 0 atom stereocenters. The lowest BCUT2D eigenvalue weighted by Gasteiger charge is -2.51. The third kappa shape index (κ3) is 1.51. The van der Waals surface area contributed by atoms with E-state index in [0.717, 1.165) is 17.3 Å². The molecule has 1 nitrogen and oxygen atoms in total. The molecule has 2 aliphatic rings. The standard InChI is InChI=1S/C10H19NS/c1-8(2)9-5-10(6-9)3-4-12-11-7-10/h8-9,11H,3-7H2,1-2H3. The highest BCUT2D eigenvalue weighted by atomic mass is 32.2. The molecule has 2 heteroatoms. The van der Waals surface area contributed by atoms with E-state index in [1.165, 1.54) is 31.6 Å². The van der Waals surface area contributed by atoms with Crippen LogP contribution in [-0.4, -0.2) is 12.3 Å². The van der Waals surface area contributed by atoms with Crippen molar-refractivity contribution in [1.29, 1.82) is 0 Å².